The molecule has 1 aromatic heterocycles. The number of rotatable bonds is 4. The number of pyridine rings is 1. The summed E-state index contributed by atoms with van der Waals surface area (Å²) >= 11 is 0. The number of carbonyl (C=O) groups excluding carboxylic acids is 1. The number of halogens is 1. The van der Waals surface area contributed by atoms with Crippen molar-refractivity contribution in [3.63, 3.8) is 0 Å². The topological polar surface area (TPSA) is 77.9 Å². The number of anilines is 1. The van der Waals surface area contributed by atoms with Crippen LogP contribution in [0.3, 0.4) is 0 Å². The maximum atomic E-state index is 13.6. The van der Waals surface area contributed by atoms with Crippen LogP contribution in [0, 0.1) is 5.82 Å². The normalized spacial score (nSPS) is 20.8. The number of aromatic nitrogens is 1. The molecule has 0 radical (unpaired) electrons. The van der Waals surface area contributed by atoms with Gasteiger partial charge in [-0.2, -0.15) is 0 Å². The molecule has 1 amide bonds. The lowest BCUT2D eigenvalue weighted by molar-refractivity contribution is 0.0479. The largest absolute Gasteiger partial charge is 0.444 e. The van der Waals surface area contributed by atoms with Gasteiger partial charge in [-0.25, -0.2) is 9.18 Å². The zero-order chi connectivity index (χ0) is 20.3. The van der Waals surface area contributed by atoms with Gasteiger partial charge in [-0.05, 0) is 45.8 Å². The summed E-state index contributed by atoms with van der Waals surface area (Å²) in [5.74, 6) is -0.416. The Balaban J connectivity index is 1.48. The van der Waals surface area contributed by atoms with Crippen molar-refractivity contribution < 1.29 is 19.0 Å². The SMILES string of the molecule is CC(C)(C)OC(=O)NC1CCN(CCN2c3cc(F)cnc3C=CC2O)CC1. The third kappa shape index (κ3) is 5.42. The molecule has 2 aliphatic heterocycles. The van der Waals surface area contributed by atoms with Gasteiger partial charge in [0.25, 0.3) is 0 Å². The summed E-state index contributed by atoms with van der Waals surface area (Å²) in [6.07, 6.45) is 5.07. The van der Waals surface area contributed by atoms with Crippen molar-refractivity contribution >= 4 is 17.9 Å². The quantitative estimate of drug-likeness (QED) is 0.819. The number of ether oxygens (including phenoxy) is 1. The number of nitrogens with zero attached hydrogens (tertiary/aromatic N) is 3. The van der Waals surface area contributed by atoms with Crippen LogP contribution in [0.15, 0.2) is 18.3 Å². The van der Waals surface area contributed by atoms with E-state index in [1.807, 2.05) is 20.8 Å². The van der Waals surface area contributed by atoms with Crippen molar-refractivity contribution in [3.05, 3.63) is 29.9 Å². The lowest BCUT2D eigenvalue weighted by Gasteiger charge is -2.36. The van der Waals surface area contributed by atoms with E-state index in [0.717, 1.165) is 32.5 Å². The van der Waals surface area contributed by atoms with Crippen LogP contribution in [0.1, 0.15) is 39.3 Å². The summed E-state index contributed by atoms with van der Waals surface area (Å²) in [4.78, 5) is 20.0. The molecule has 154 valence electrons. The predicted molar refractivity (Wildman–Crippen MR) is 105 cm³/mol. The first kappa shape index (κ1) is 20.5. The number of amides is 1. The maximum Gasteiger partial charge on any atom is 0.407 e. The Labute approximate surface area is 165 Å². The Morgan fingerprint density at radius 3 is 2.75 bits per heavy atom. The predicted octanol–water partition coefficient (Wildman–Crippen LogP) is 2.36. The standard InChI is InChI=1S/C20H29FN4O3/c1-20(2,3)28-19(27)23-15-6-8-24(9-7-15)10-11-25-17-12-14(21)13-22-16(17)4-5-18(25)26/h4-5,12-13,15,18,26H,6-11H2,1-3H3,(H,23,27). The number of piperidine rings is 1. The Morgan fingerprint density at radius 2 is 2.07 bits per heavy atom. The van der Waals surface area contributed by atoms with Gasteiger partial charge in [-0.1, -0.05) is 0 Å². The molecule has 0 aliphatic carbocycles. The monoisotopic (exact) mass is 392 g/mol. The molecule has 0 aromatic carbocycles. The van der Waals surface area contributed by atoms with Crippen molar-refractivity contribution in [2.75, 3.05) is 31.1 Å². The zero-order valence-corrected chi connectivity index (χ0v) is 16.7. The van der Waals surface area contributed by atoms with E-state index >= 15 is 0 Å². The van der Waals surface area contributed by atoms with Gasteiger partial charge in [0.2, 0.25) is 0 Å². The van der Waals surface area contributed by atoms with Crippen LogP contribution in [-0.2, 0) is 4.74 Å². The van der Waals surface area contributed by atoms with Gasteiger partial charge in [-0.15, -0.1) is 0 Å². The number of aliphatic hydroxyl groups excluding tert-OH is 1. The van der Waals surface area contributed by atoms with E-state index in [9.17, 15) is 14.3 Å². The van der Waals surface area contributed by atoms with Crippen molar-refractivity contribution in [1.29, 1.82) is 0 Å². The molecule has 1 saturated heterocycles. The van der Waals surface area contributed by atoms with Crippen LogP contribution >= 0.6 is 0 Å². The number of likely N-dealkylation sites (tertiary alicyclic amines) is 1. The molecule has 1 atom stereocenters. The van der Waals surface area contributed by atoms with E-state index in [0.29, 0.717) is 17.9 Å². The van der Waals surface area contributed by atoms with E-state index in [1.54, 1.807) is 17.1 Å². The minimum Gasteiger partial charge on any atom is -0.444 e. The second-order valence-corrected chi connectivity index (χ2v) is 8.29. The van der Waals surface area contributed by atoms with Gasteiger partial charge in [0.1, 0.15) is 17.6 Å². The Bertz CT molecular complexity index is 727. The van der Waals surface area contributed by atoms with Gasteiger partial charge in [0.05, 0.1) is 17.6 Å². The van der Waals surface area contributed by atoms with Crippen molar-refractivity contribution in [3.8, 4) is 0 Å². The second kappa shape index (κ2) is 8.45. The summed E-state index contributed by atoms with van der Waals surface area (Å²) < 4.78 is 18.9. The minimum absolute atomic E-state index is 0.105. The molecule has 0 bridgehead atoms. The summed E-state index contributed by atoms with van der Waals surface area (Å²) in [7, 11) is 0. The van der Waals surface area contributed by atoms with Gasteiger partial charge >= 0.3 is 6.09 Å². The number of aliphatic hydroxyl groups is 1. The van der Waals surface area contributed by atoms with Crippen LogP contribution in [0.4, 0.5) is 14.9 Å². The molecule has 7 nitrogen and oxygen atoms in total. The first-order chi connectivity index (χ1) is 13.2. The van der Waals surface area contributed by atoms with Crippen LogP contribution in [-0.4, -0.2) is 65.1 Å². The fourth-order valence-electron chi connectivity index (χ4n) is 3.50. The summed E-state index contributed by atoms with van der Waals surface area (Å²) in [5, 5.41) is 13.2. The maximum absolute atomic E-state index is 13.6. The van der Waals surface area contributed by atoms with Crippen molar-refractivity contribution in [2.24, 2.45) is 0 Å². The summed E-state index contributed by atoms with van der Waals surface area (Å²) in [5.41, 5.74) is 0.766. The molecule has 1 fully saturated rings. The highest BCUT2D eigenvalue weighted by molar-refractivity contribution is 5.69. The fraction of sp³-hybridized carbons (Fsp3) is 0.600. The van der Waals surface area contributed by atoms with Gasteiger partial charge in [-0.3, -0.25) is 4.98 Å². The second-order valence-electron chi connectivity index (χ2n) is 8.29. The zero-order valence-electron chi connectivity index (χ0n) is 16.7. The third-order valence-corrected chi connectivity index (χ3v) is 4.88. The van der Waals surface area contributed by atoms with Crippen LogP contribution < -0.4 is 10.2 Å². The summed E-state index contributed by atoms with van der Waals surface area (Å²) in [6.45, 7) is 8.52. The molecular weight excluding hydrogens is 363 g/mol. The molecule has 2 aliphatic rings. The number of hydrogen-bond donors (Lipinski definition) is 2. The Kier molecular flexibility index (Phi) is 6.20. The fourth-order valence-corrected chi connectivity index (χ4v) is 3.50. The highest BCUT2D eigenvalue weighted by Gasteiger charge is 2.26. The number of alkyl carbamates (subject to hydrolysis) is 1. The molecule has 3 rings (SSSR count). The number of fused-ring (bicyclic) bond motifs is 1. The average molecular weight is 392 g/mol. The molecule has 1 unspecified atom stereocenters. The summed E-state index contributed by atoms with van der Waals surface area (Å²) in [6, 6.07) is 1.51. The van der Waals surface area contributed by atoms with Gasteiger partial charge in [0.15, 0.2) is 0 Å². The number of nitrogens with one attached hydrogen (secondary N) is 1. The Morgan fingerprint density at radius 1 is 1.36 bits per heavy atom. The van der Waals surface area contributed by atoms with E-state index in [4.69, 9.17) is 4.74 Å². The first-order valence-corrected chi connectivity index (χ1v) is 9.71. The van der Waals surface area contributed by atoms with E-state index in [2.05, 4.69) is 15.2 Å². The van der Waals surface area contributed by atoms with E-state index in [1.165, 1.54) is 12.3 Å². The van der Waals surface area contributed by atoms with Gasteiger partial charge in [0, 0.05) is 38.3 Å². The van der Waals surface area contributed by atoms with Crippen LogP contribution in [0.25, 0.3) is 6.08 Å². The third-order valence-electron chi connectivity index (χ3n) is 4.88. The van der Waals surface area contributed by atoms with E-state index in [-0.39, 0.29) is 12.1 Å². The molecule has 28 heavy (non-hydrogen) atoms. The molecular formula is C20H29FN4O3. The van der Waals surface area contributed by atoms with Crippen molar-refractivity contribution in [1.82, 2.24) is 15.2 Å². The first-order valence-electron chi connectivity index (χ1n) is 9.71. The van der Waals surface area contributed by atoms with Crippen LogP contribution in [0.5, 0.6) is 0 Å². The molecule has 8 heteroatoms. The molecule has 3 heterocycles. The highest BCUT2D eigenvalue weighted by atomic mass is 19.1. The van der Waals surface area contributed by atoms with E-state index < -0.39 is 17.6 Å². The molecule has 2 N–H and O–H groups in total. The number of carbonyl (C=O) groups is 1. The van der Waals surface area contributed by atoms with Crippen LogP contribution in [0.2, 0.25) is 0 Å². The molecule has 1 aromatic rings. The number of hydrogen-bond acceptors (Lipinski definition) is 6. The Hall–Kier alpha value is -2.19. The average Bonchev–Trinajstić information content (AvgIpc) is 2.60. The van der Waals surface area contributed by atoms with Gasteiger partial charge < -0.3 is 25.0 Å². The molecule has 0 spiro atoms. The minimum atomic E-state index is -0.789. The highest BCUT2D eigenvalue weighted by Crippen LogP contribution is 2.27. The molecule has 0 saturated carbocycles. The van der Waals surface area contributed by atoms with Crippen molar-refractivity contribution in [2.45, 2.75) is 51.5 Å². The smallest absolute Gasteiger partial charge is 0.407 e. The lowest BCUT2D eigenvalue weighted by atomic mass is 10.1. The lowest BCUT2D eigenvalue weighted by Crippen LogP contribution is -2.48.